The number of nitrogens with zero attached hydrogens (tertiary/aromatic N) is 4. The number of halogens is 4. The predicted molar refractivity (Wildman–Crippen MR) is 110 cm³/mol. The highest BCUT2D eigenvalue weighted by atomic mass is 35.5. The Morgan fingerprint density at radius 3 is 2.52 bits per heavy atom. The van der Waals surface area contributed by atoms with Gasteiger partial charge in [-0.2, -0.15) is 17.5 Å². The van der Waals surface area contributed by atoms with E-state index < -0.39 is 31.7 Å². The third kappa shape index (κ3) is 4.48. The Morgan fingerprint density at radius 1 is 1.13 bits per heavy atom. The van der Waals surface area contributed by atoms with E-state index in [4.69, 9.17) is 11.6 Å². The molecule has 0 unspecified atom stereocenters. The molecule has 0 N–H and O–H groups in total. The minimum atomic E-state index is -4.75. The van der Waals surface area contributed by atoms with Crippen molar-refractivity contribution in [1.82, 2.24) is 18.6 Å². The second kappa shape index (κ2) is 8.17. The molecule has 31 heavy (non-hydrogen) atoms. The lowest BCUT2D eigenvalue weighted by molar-refractivity contribution is -0.137. The van der Waals surface area contributed by atoms with Gasteiger partial charge in [-0.25, -0.2) is 13.4 Å². The molecule has 7 nitrogen and oxygen atoms in total. The van der Waals surface area contributed by atoms with Crippen molar-refractivity contribution >= 4 is 37.9 Å². The van der Waals surface area contributed by atoms with Gasteiger partial charge in [-0.05, 0) is 18.2 Å². The SMILES string of the molecule is O=c1cc(CN2CCN(S(=O)(=O)c3ccc(Cl)c(C(F)(F)F)c3)CC2)nc2sccn12. The summed E-state index contributed by atoms with van der Waals surface area (Å²) in [4.78, 5) is 18.6. The molecule has 166 valence electrons. The van der Waals surface area contributed by atoms with Gasteiger partial charge in [0.25, 0.3) is 5.56 Å². The predicted octanol–water partition coefficient (Wildman–Crippen LogP) is 2.93. The average molecular weight is 493 g/mol. The standard InChI is InChI=1S/C18H16ClF3N4O3S2/c19-15-2-1-13(10-14(15)18(20,21)22)31(28,29)25-5-3-24(4-6-25)11-12-9-16(27)26-7-8-30-17(26)23-12/h1-2,7-10H,3-6,11H2. The van der Waals surface area contributed by atoms with Crippen LogP contribution in [0.4, 0.5) is 13.2 Å². The first-order valence-electron chi connectivity index (χ1n) is 9.11. The number of hydrogen-bond acceptors (Lipinski definition) is 6. The molecule has 1 saturated heterocycles. The van der Waals surface area contributed by atoms with E-state index in [1.807, 2.05) is 4.90 Å². The van der Waals surface area contributed by atoms with Crippen LogP contribution in [0.25, 0.3) is 4.96 Å². The summed E-state index contributed by atoms with van der Waals surface area (Å²) in [7, 11) is -4.11. The van der Waals surface area contributed by atoms with Crippen molar-refractivity contribution < 1.29 is 21.6 Å². The van der Waals surface area contributed by atoms with Crippen LogP contribution in [0.5, 0.6) is 0 Å². The fourth-order valence-electron chi connectivity index (χ4n) is 3.36. The average Bonchev–Trinajstić information content (AvgIpc) is 3.17. The van der Waals surface area contributed by atoms with Crippen molar-refractivity contribution in [3.63, 3.8) is 0 Å². The number of alkyl halides is 3. The summed E-state index contributed by atoms with van der Waals surface area (Å²) in [5.41, 5.74) is -0.794. The minimum Gasteiger partial charge on any atom is -0.295 e. The van der Waals surface area contributed by atoms with E-state index in [0.717, 1.165) is 16.4 Å². The second-order valence-corrected chi connectivity index (χ2v) is 10.2. The van der Waals surface area contributed by atoms with Gasteiger partial charge in [-0.15, -0.1) is 11.3 Å². The summed E-state index contributed by atoms with van der Waals surface area (Å²) in [6, 6.07) is 4.03. The third-order valence-corrected chi connectivity index (χ3v) is 7.93. The lowest BCUT2D eigenvalue weighted by Crippen LogP contribution is -2.48. The van der Waals surface area contributed by atoms with Gasteiger partial charge < -0.3 is 0 Å². The molecule has 1 aromatic carbocycles. The molecule has 1 fully saturated rings. The number of benzene rings is 1. The number of sulfonamides is 1. The van der Waals surface area contributed by atoms with Gasteiger partial charge >= 0.3 is 6.18 Å². The quantitative estimate of drug-likeness (QED) is 0.560. The van der Waals surface area contributed by atoms with Gasteiger partial charge in [0.2, 0.25) is 10.0 Å². The number of piperazine rings is 1. The Hall–Kier alpha value is -1.99. The molecular formula is C18H16ClF3N4O3S2. The number of fused-ring (bicyclic) bond motifs is 1. The van der Waals surface area contributed by atoms with Gasteiger partial charge in [-0.3, -0.25) is 14.1 Å². The highest BCUT2D eigenvalue weighted by Crippen LogP contribution is 2.36. The normalized spacial score (nSPS) is 16.8. The molecule has 1 aliphatic rings. The Morgan fingerprint density at radius 2 is 1.84 bits per heavy atom. The molecular weight excluding hydrogens is 477 g/mol. The topological polar surface area (TPSA) is 75.0 Å². The Kier molecular flexibility index (Phi) is 5.85. The molecule has 4 rings (SSSR count). The van der Waals surface area contributed by atoms with E-state index >= 15 is 0 Å². The summed E-state index contributed by atoms with van der Waals surface area (Å²) >= 11 is 6.93. The van der Waals surface area contributed by atoms with E-state index in [9.17, 15) is 26.4 Å². The molecule has 0 atom stereocenters. The Bertz CT molecular complexity index is 1280. The molecule has 0 amide bonds. The van der Waals surface area contributed by atoms with E-state index in [1.165, 1.54) is 21.8 Å². The lowest BCUT2D eigenvalue weighted by atomic mass is 10.2. The van der Waals surface area contributed by atoms with Crippen LogP contribution < -0.4 is 5.56 Å². The van der Waals surface area contributed by atoms with Crippen LogP contribution in [0.15, 0.2) is 45.5 Å². The molecule has 13 heteroatoms. The van der Waals surface area contributed by atoms with Crippen molar-refractivity contribution in [2.45, 2.75) is 17.6 Å². The summed E-state index contributed by atoms with van der Waals surface area (Å²) in [5, 5.41) is 1.21. The fourth-order valence-corrected chi connectivity index (χ4v) is 5.77. The Balaban J connectivity index is 1.47. The molecule has 0 aliphatic carbocycles. The first kappa shape index (κ1) is 22.2. The van der Waals surface area contributed by atoms with Gasteiger partial charge in [-0.1, -0.05) is 11.6 Å². The van der Waals surface area contributed by atoms with E-state index in [-0.39, 0.29) is 18.6 Å². The number of aromatic nitrogens is 2. The van der Waals surface area contributed by atoms with Crippen molar-refractivity contribution in [3.05, 3.63) is 62.5 Å². The molecule has 3 heterocycles. The first-order valence-corrected chi connectivity index (χ1v) is 11.8. The van der Waals surface area contributed by atoms with Crippen LogP contribution in [-0.2, 0) is 22.7 Å². The highest BCUT2D eigenvalue weighted by Gasteiger charge is 2.36. The smallest absolute Gasteiger partial charge is 0.295 e. The van der Waals surface area contributed by atoms with Crippen LogP contribution in [-0.4, -0.2) is 53.2 Å². The molecule has 0 bridgehead atoms. The van der Waals surface area contributed by atoms with E-state index in [0.29, 0.717) is 36.4 Å². The maximum absolute atomic E-state index is 13.1. The lowest BCUT2D eigenvalue weighted by Gasteiger charge is -2.33. The van der Waals surface area contributed by atoms with Crippen LogP contribution in [0.1, 0.15) is 11.3 Å². The van der Waals surface area contributed by atoms with E-state index in [2.05, 4.69) is 4.98 Å². The zero-order chi connectivity index (χ0) is 22.4. The zero-order valence-corrected chi connectivity index (χ0v) is 18.2. The van der Waals surface area contributed by atoms with Gasteiger partial charge in [0, 0.05) is 50.4 Å². The summed E-state index contributed by atoms with van der Waals surface area (Å²) in [6.45, 7) is 1.28. The minimum absolute atomic E-state index is 0.104. The molecule has 2 aromatic heterocycles. The Labute approximate surface area is 184 Å². The largest absolute Gasteiger partial charge is 0.417 e. The molecule has 0 radical (unpaired) electrons. The van der Waals surface area contributed by atoms with Crippen molar-refractivity contribution in [2.24, 2.45) is 0 Å². The summed E-state index contributed by atoms with van der Waals surface area (Å²) in [5.74, 6) is 0. The maximum atomic E-state index is 13.1. The third-order valence-electron chi connectivity index (χ3n) is 4.95. The van der Waals surface area contributed by atoms with Crippen molar-refractivity contribution in [3.8, 4) is 0 Å². The summed E-state index contributed by atoms with van der Waals surface area (Å²) in [6.07, 6.45) is -3.11. The van der Waals surface area contributed by atoms with Crippen molar-refractivity contribution in [2.75, 3.05) is 26.2 Å². The molecule has 1 aliphatic heterocycles. The second-order valence-electron chi connectivity index (χ2n) is 6.96. The summed E-state index contributed by atoms with van der Waals surface area (Å²) < 4.78 is 67.6. The zero-order valence-electron chi connectivity index (χ0n) is 15.8. The highest BCUT2D eigenvalue weighted by molar-refractivity contribution is 7.89. The number of hydrogen-bond donors (Lipinski definition) is 0. The fraction of sp³-hybridized carbons (Fsp3) is 0.333. The number of thiazole rings is 1. The van der Waals surface area contributed by atoms with Crippen LogP contribution in [0, 0.1) is 0 Å². The van der Waals surface area contributed by atoms with Crippen molar-refractivity contribution in [1.29, 1.82) is 0 Å². The first-order chi connectivity index (χ1) is 14.6. The maximum Gasteiger partial charge on any atom is 0.417 e. The number of rotatable bonds is 4. The van der Waals surface area contributed by atoms with Crippen LogP contribution in [0.3, 0.4) is 0 Å². The van der Waals surface area contributed by atoms with Gasteiger partial charge in [0.15, 0.2) is 4.96 Å². The van der Waals surface area contributed by atoms with Crippen LogP contribution in [0.2, 0.25) is 5.02 Å². The molecule has 0 spiro atoms. The van der Waals surface area contributed by atoms with Gasteiger partial charge in [0.1, 0.15) is 0 Å². The monoisotopic (exact) mass is 492 g/mol. The van der Waals surface area contributed by atoms with E-state index in [1.54, 1.807) is 11.6 Å². The van der Waals surface area contributed by atoms with Crippen LogP contribution >= 0.6 is 22.9 Å². The molecule has 3 aromatic rings. The van der Waals surface area contributed by atoms with Gasteiger partial charge in [0.05, 0.1) is 21.2 Å². The molecule has 0 saturated carbocycles.